The highest BCUT2D eigenvalue weighted by atomic mass is 35.5. The van der Waals surface area contributed by atoms with E-state index in [-0.39, 0.29) is 0 Å². The van der Waals surface area contributed by atoms with Crippen molar-refractivity contribution in [2.45, 2.75) is 19.7 Å². The quantitative estimate of drug-likeness (QED) is 0.679. The Bertz CT molecular complexity index is 573. The highest BCUT2D eigenvalue weighted by Gasteiger charge is 2.07. The lowest BCUT2D eigenvalue weighted by Gasteiger charge is -2.21. The van der Waals surface area contributed by atoms with Gasteiger partial charge in [0.05, 0.1) is 0 Å². The number of hydrogen-bond donors (Lipinski definition) is 0. The number of nitrogens with zero attached hydrogens (tertiary/aromatic N) is 1. The molecule has 0 amide bonds. The van der Waals surface area contributed by atoms with Gasteiger partial charge in [-0.25, -0.2) is 0 Å². The zero-order chi connectivity index (χ0) is 14.0. The second kappa shape index (κ2) is 5.85. The Labute approximate surface area is 124 Å². The first-order valence-electron chi connectivity index (χ1n) is 6.17. The van der Waals surface area contributed by atoms with Gasteiger partial charge in [0.1, 0.15) is 0 Å². The van der Waals surface area contributed by atoms with Crippen LogP contribution in [-0.2, 0) is 5.88 Å². The number of hydrogen-bond acceptors (Lipinski definition) is 1. The van der Waals surface area contributed by atoms with E-state index in [1.807, 2.05) is 25.2 Å². The van der Waals surface area contributed by atoms with Crippen molar-refractivity contribution in [3.05, 3.63) is 58.1 Å². The molecule has 0 aromatic heterocycles. The van der Waals surface area contributed by atoms with Gasteiger partial charge in [-0.15, -0.1) is 11.6 Å². The van der Waals surface area contributed by atoms with Crippen LogP contribution in [0.5, 0.6) is 0 Å². The third-order valence-corrected chi connectivity index (χ3v) is 3.80. The minimum absolute atomic E-state index is 0.437. The molecule has 19 heavy (non-hydrogen) atoms. The molecule has 0 heterocycles. The van der Waals surface area contributed by atoms with Gasteiger partial charge in [0.15, 0.2) is 0 Å². The zero-order valence-electron chi connectivity index (χ0n) is 11.4. The van der Waals surface area contributed by atoms with E-state index in [0.717, 1.165) is 16.9 Å². The van der Waals surface area contributed by atoms with E-state index in [1.165, 1.54) is 11.1 Å². The molecule has 100 valence electrons. The Balaban J connectivity index is 2.38. The second-order valence-corrected chi connectivity index (χ2v) is 5.49. The van der Waals surface area contributed by atoms with Crippen molar-refractivity contribution in [3.8, 4) is 0 Å². The maximum atomic E-state index is 6.21. The summed E-state index contributed by atoms with van der Waals surface area (Å²) in [5.74, 6) is 0.437. The Hall–Kier alpha value is -1.18. The molecule has 0 radical (unpaired) electrons. The van der Waals surface area contributed by atoms with Crippen LogP contribution in [0.1, 0.15) is 16.7 Å². The van der Waals surface area contributed by atoms with E-state index in [9.17, 15) is 0 Å². The molecule has 0 N–H and O–H groups in total. The van der Waals surface area contributed by atoms with Crippen LogP contribution in [0.3, 0.4) is 0 Å². The van der Waals surface area contributed by atoms with Gasteiger partial charge in [0.2, 0.25) is 0 Å². The number of anilines is 2. The lowest BCUT2D eigenvalue weighted by molar-refractivity contribution is 1.19. The van der Waals surface area contributed by atoms with E-state index < -0.39 is 0 Å². The van der Waals surface area contributed by atoms with Crippen LogP contribution >= 0.6 is 23.2 Å². The van der Waals surface area contributed by atoms with Gasteiger partial charge in [0.25, 0.3) is 0 Å². The van der Waals surface area contributed by atoms with Crippen LogP contribution in [0.25, 0.3) is 0 Å². The third kappa shape index (κ3) is 3.23. The fourth-order valence-electron chi connectivity index (χ4n) is 2.15. The SMILES string of the molecule is Cc1cc(C)cc(N(C)c2ccc(CCl)c(Cl)c2)c1. The topological polar surface area (TPSA) is 3.24 Å². The summed E-state index contributed by atoms with van der Waals surface area (Å²) < 4.78 is 0. The summed E-state index contributed by atoms with van der Waals surface area (Å²) in [6.45, 7) is 4.21. The van der Waals surface area contributed by atoms with Gasteiger partial charge in [-0.1, -0.05) is 23.7 Å². The van der Waals surface area contributed by atoms with Gasteiger partial charge >= 0.3 is 0 Å². The molecule has 0 saturated heterocycles. The molecule has 2 aromatic carbocycles. The standard InChI is InChI=1S/C16H17Cl2N/c1-11-6-12(2)8-15(7-11)19(3)14-5-4-13(10-17)16(18)9-14/h4-9H,10H2,1-3H3. The predicted molar refractivity (Wildman–Crippen MR) is 85.0 cm³/mol. The van der Waals surface area contributed by atoms with Crippen LogP contribution in [0.15, 0.2) is 36.4 Å². The average Bonchev–Trinajstić information content (AvgIpc) is 2.36. The number of alkyl halides is 1. The summed E-state index contributed by atoms with van der Waals surface area (Å²) in [6, 6.07) is 12.5. The molecule has 0 fully saturated rings. The molecule has 0 aliphatic rings. The first-order chi connectivity index (χ1) is 9.01. The van der Waals surface area contributed by atoms with Crippen molar-refractivity contribution in [2.24, 2.45) is 0 Å². The van der Waals surface area contributed by atoms with Crippen LogP contribution < -0.4 is 4.90 Å². The van der Waals surface area contributed by atoms with Crippen molar-refractivity contribution in [3.63, 3.8) is 0 Å². The highest BCUT2D eigenvalue weighted by molar-refractivity contribution is 6.32. The minimum atomic E-state index is 0.437. The van der Waals surface area contributed by atoms with Crippen molar-refractivity contribution in [1.82, 2.24) is 0 Å². The maximum Gasteiger partial charge on any atom is 0.0488 e. The molecule has 3 heteroatoms. The van der Waals surface area contributed by atoms with Gasteiger partial charge < -0.3 is 4.90 Å². The van der Waals surface area contributed by atoms with Crippen LogP contribution in [0.4, 0.5) is 11.4 Å². The summed E-state index contributed by atoms with van der Waals surface area (Å²) >= 11 is 12.0. The molecule has 0 aliphatic carbocycles. The van der Waals surface area contributed by atoms with Crippen LogP contribution in [-0.4, -0.2) is 7.05 Å². The number of benzene rings is 2. The van der Waals surface area contributed by atoms with Crippen LogP contribution in [0, 0.1) is 13.8 Å². The molecule has 0 spiro atoms. The Kier molecular flexibility index (Phi) is 4.38. The molecule has 0 saturated carbocycles. The van der Waals surface area contributed by atoms with E-state index in [4.69, 9.17) is 23.2 Å². The molecule has 0 unspecified atom stereocenters. The molecule has 0 atom stereocenters. The van der Waals surface area contributed by atoms with Crippen molar-refractivity contribution in [2.75, 3.05) is 11.9 Å². The fraction of sp³-hybridized carbons (Fsp3) is 0.250. The van der Waals surface area contributed by atoms with Crippen molar-refractivity contribution < 1.29 is 0 Å². The van der Waals surface area contributed by atoms with Crippen LogP contribution in [0.2, 0.25) is 5.02 Å². The monoisotopic (exact) mass is 293 g/mol. The smallest absolute Gasteiger partial charge is 0.0488 e. The summed E-state index contributed by atoms with van der Waals surface area (Å²) in [6.07, 6.45) is 0. The molecule has 0 aliphatic heterocycles. The highest BCUT2D eigenvalue weighted by Crippen LogP contribution is 2.29. The first kappa shape index (κ1) is 14.2. The predicted octanol–water partition coefficient (Wildman–Crippen LogP) is 5.46. The van der Waals surface area contributed by atoms with Gasteiger partial charge in [-0.05, 0) is 54.8 Å². The number of rotatable bonds is 3. The van der Waals surface area contributed by atoms with Gasteiger partial charge in [-0.3, -0.25) is 0 Å². The summed E-state index contributed by atoms with van der Waals surface area (Å²) in [5, 5.41) is 0.712. The van der Waals surface area contributed by atoms with Crippen molar-refractivity contribution >= 4 is 34.6 Å². The number of aryl methyl sites for hydroxylation is 2. The zero-order valence-corrected chi connectivity index (χ0v) is 12.9. The molecule has 2 aromatic rings. The van der Waals surface area contributed by atoms with E-state index in [0.29, 0.717) is 10.9 Å². The number of halogens is 2. The van der Waals surface area contributed by atoms with E-state index in [1.54, 1.807) is 0 Å². The van der Waals surface area contributed by atoms with Gasteiger partial charge in [0, 0.05) is 29.3 Å². The Morgan fingerprint density at radius 2 is 1.58 bits per heavy atom. The van der Waals surface area contributed by atoms with E-state index >= 15 is 0 Å². The van der Waals surface area contributed by atoms with Crippen molar-refractivity contribution in [1.29, 1.82) is 0 Å². The lowest BCUT2D eigenvalue weighted by atomic mass is 10.1. The molecular weight excluding hydrogens is 277 g/mol. The lowest BCUT2D eigenvalue weighted by Crippen LogP contribution is -2.10. The summed E-state index contributed by atoms with van der Waals surface area (Å²) in [5.41, 5.74) is 5.69. The molecule has 2 rings (SSSR count). The minimum Gasteiger partial charge on any atom is -0.345 e. The molecule has 0 bridgehead atoms. The normalized spacial score (nSPS) is 10.6. The maximum absolute atomic E-state index is 6.21. The Morgan fingerprint density at radius 1 is 0.947 bits per heavy atom. The fourth-order valence-corrected chi connectivity index (χ4v) is 2.69. The average molecular weight is 294 g/mol. The second-order valence-electron chi connectivity index (χ2n) is 4.81. The van der Waals surface area contributed by atoms with Gasteiger partial charge in [-0.2, -0.15) is 0 Å². The summed E-state index contributed by atoms with van der Waals surface area (Å²) in [7, 11) is 2.04. The summed E-state index contributed by atoms with van der Waals surface area (Å²) in [4.78, 5) is 2.13. The largest absolute Gasteiger partial charge is 0.345 e. The third-order valence-electron chi connectivity index (χ3n) is 3.16. The first-order valence-corrected chi connectivity index (χ1v) is 7.09. The molecular formula is C16H17Cl2N. The Morgan fingerprint density at radius 3 is 2.11 bits per heavy atom. The van der Waals surface area contributed by atoms with E-state index in [2.05, 4.69) is 36.9 Å². The molecule has 1 nitrogen and oxygen atoms in total.